The highest BCUT2D eigenvalue weighted by Crippen LogP contribution is 2.36. The highest BCUT2D eigenvalue weighted by molar-refractivity contribution is 5.64. The van der Waals surface area contributed by atoms with Crippen molar-refractivity contribution in [2.24, 2.45) is 0 Å². The molecule has 0 fully saturated rings. The molecule has 0 spiro atoms. The van der Waals surface area contributed by atoms with Gasteiger partial charge in [-0.25, -0.2) is 0 Å². The lowest BCUT2D eigenvalue weighted by atomic mass is 9.80. The number of hydrogen-bond acceptors (Lipinski definition) is 2. The normalized spacial score (nSPS) is 11.4. The molecule has 0 saturated carbocycles. The number of rotatable bonds is 6. The van der Waals surface area contributed by atoms with Crippen molar-refractivity contribution in [1.29, 1.82) is 0 Å². The molecule has 1 aromatic carbocycles. The van der Waals surface area contributed by atoms with Crippen LogP contribution in [0.5, 0.6) is 5.75 Å². The van der Waals surface area contributed by atoms with E-state index >= 15 is 0 Å². The quantitative estimate of drug-likeness (QED) is 0.695. The van der Waals surface area contributed by atoms with Crippen molar-refractivity contribution in [3.63, 3.8) is 0 Å². The minimum atomic E-state index is 0.0779. The van der Waals surface area contributed by atoms with Gasteiger partial charge in [-0.15, -0.1) is 0 Å². The molecular weight excluding hydrogens is 224 g/mol. The molecule has 2 heteroatoms. The first kappa shape index (κ1) is 14.8. The van der Waals surface area contributed by atoms with E-state index in [-0.39, 0.29) is 12.2 Å². The van der Waals surface area contributed by atoms with E-state index in [0.717, 1.165) is 23.3 Å². The molecule has 100 valence electrons. The molecule has 0 aliphatic carbocycles. The summed E-state index contributed by atoms with van der Waals surface area (Å²) in [4.78, 5) is 0. The molecule has 1 rings (SSSR count). The molecule has 0 heterocycles. The average Bonchev–Trinajstić information content (AvgIpc) is 2.35. The summed E-state index contributed by atoms with van der Waals surface area (Å²) in [7, 11) is 1.63. The first-order chi connectivity index (χ1) is 8.42. The Labute approximate surface area is 111 Å². The van der Waals surface area contributed by atoms with Crippen molar-refractivity contribution >= 4 is 5.57 Å². The van der Waals surface area contributed by atoms with Crippen LogP contribution in [0.1, 0.15) is 45.2 Å². The fourth-order valence-corrected chi connectivity index (χ4v) is 1.76. The summed E-state index contributed by atoms with van der Waals surface area (Å²) in [6.45, 7) is 12.9. The van der Waals surface area contributed by atoms with Gasteiger partial charge in [0.05, 0.1) is 0 Å². The second-order valence-corrected chi connectivity index (χ2v) is 5.28. The summed E-state index contributed by atoms with van der Waals surface area (Å²) < 4.78 is 10.6. The maximum absolute atomic E-state index is 5.66. The van der Waals surface area contributed by atoms with Gasteiger partial charge in [-0.2, -0.15) is 0 Å². The summed E-state index contributed by atoms with van der Waals surface area (Å²) in [5.41, 5.74) is 3.52. The Morgan fingerprint density at radius 2 is 2.00 bits per heavy atom. The molecule has 0 atom stereocenters. The van der Waals surface area contributed by atoms with Crippen molar-refractivity contribution in [2.75, 3.05) is 13.9 Å². The lowest BCUT2D eigenvalue weighted by Gasteiger charge is -2.26. The van der Waals surface area contributed by atoms with Crippen molar-refractivity contribution in [3.8, 4) is 5.75 Å². The van der Waals surface area contributed by atoms with Gasteiger partial charge < -0.3 is 9.47 Å². The molecule has 18 heavy (non-hydrogen) atoms. The zero-order valence-electron chi connectivity index (χ0n) is 12.2. The summed E-state index contributed by atoms with van der Waals surface area (Å²) >= 11 is 0. The number of allylic oxidation sites excluding steroid dienone is 1. The highest BCUT2D eigenvalue weighted by atomic mass is 16.7. The summed E-state index contributed by atoms with van der Waals surface area (Å²) in [6, 6.07) is 6.23. The molecule has 0 amide bonds. The Bertz CT molecular complexity index is 419. The van der Waals surface area contributed by atoms with Crippen LogP contribution in [0.3, 0.4) is 0 Å². The Balaban J connectivity index is 3.22. The van der Waals surface area contributed by atoms with Gasteiger partial charge in [-0.3, -0.25) is 0 Å². The van der Waals surface area contributed by atoms with Crippen LogP contribution in [0.15, 0.2) is 24.8 Å². The van der Waals surface area contributed by atoms with Gasteiger partial charge in [-0.05, 0) is 36.5 Å². The molecule has 0 unspecified atom stereocenters. The van der Waals surface area contributed by atoms with E-state index in [9.17, 15) is 0 Å². The van der Waals surface area contributed by atoms with Crippen LogP contribution in [-0.2, 0) is 10.2 Å². The van der Waals surface area contributed by atoms with Gasteiger partial charge in [0.15, 0.2) is 6.79 Å². The van der Waals surface area contributed by atoms with Crippen LogP contribution in [-0.4, -0.2) is 13.9 Å². The van der Waals surface area contributed by atoms with E-state index in [1.807, 2.05) is 19.1 Å². The zero-order chi connectivity index (χ0) is 13.8. The summed E-state index contributed by atoms with van der Waals surface area (Å²) in [5.74, 6) is 0.897. The maximum atomic E-state index is 5.66. The van der Waals surface area contributed by atoms with Crippen molar-refractivity contribution in [1.82, 2.24) is 0 Å². The number of methoxy groups -OCH3 is 1. The summed E-state index contributed by atoms with van der Waals surface area (Å²) in [6.07, 6.45) is 1.05. The van der Waals surface area contributed by atoms with Gasteiger partial charge in [0.1, 0.15) is 5.75 Å². The van der Waals surface area contributed by atoms with Gasteiger partial charge in [0, 0.05) is 12.7 Å². The van der Waals surface area contributed by atoms with Crippen LogP contribution >= 0.6 is 0 Å². The Morgan fingerprint density at radius 1 is 1.33 bits per heavy atom. The third kappa shape index (κ3) is 3.36. The highest BCUT2D eigenvalue weighted by Gasteiger charge is 2.23. The lowest BCUT2D eigenvalue weighted by molar-refractivity contribution is 0.0496. The number of ether oxygens (including phenoxy) is 2. The number of hydrogen-bond donors (Lipinski definition) is 0. The third-order valence-electron chi connectivity index (χ3n) is 3.42. The van der Waals surface area contributed by atoms with E-state index in [4.69, 9.17) is 9.47 Å². The second kappa shape index (κ2) is 6.05. The first-order valence-electron chi connectivity index (χ1n) is 6.34. The molecule has 0 radical (unpaired) electrons. The van der Waals surface area contributed by atoms with Crippen LogP contribution in [0, 0.1) is 0 Å². The fraction of sp³-hybridized carbons (Fsp3) is 0.500. The topological polar surface area (TPSA) is 18.5 Å². The van der Waals surface area contributed by atoms with Crippen LogP contribution < -0.4 is 4.74 Å². The minimum Gasteiger partial charge on any atom is -0.467 e. The molecule has 0 aliphatic heterocycles. The van der Waals surface area contributed by atoms with Crippen molar-refractivity contribution < 1.29 is 9.47 Å². The zero-order valence-corrected chi connectivity index (χ0v) is 12.2. The first-order valence-corrected chi connectivity index (χ1v) is 6.34. The van der Waals surface area contributed by atoms with Gasteiger partial charge >= 0.3 is 0 Å². The molecular formula is C16H24O2. The molecule has 2 nitrogen and oxygen atoms in total. The molecule has 0 aliphatic rings. The predicted molar refractivity (Wildman–Crippen MR) is 77.0 cm³/mol. The van der Waals surface area contributed by atoms with Crippen LogP contribution in [0.25, 0.3) is 5.57 Å². The van der Waals surface area contributed by atoms with Gasteiger partial charge in [0.2, 0.25) is 0 Å². The van der Waals surface area contributed by atoms with Crippen LogP contribution in [0.2, 0.25) is 0 Å². The lowest BCUT2D eigenvalue weighted by Crippen LogP contribution is -2.18. The van der Waals surface area contributed by atoms with E-state index in [0.29, 0.717) is 0 Å². The molecule has 0 aromatic heterocycles. The van der Waals surface area contributed by atoms with Gasteiger partial charge in [0.25, 0.3) is 0 Å². The Kier molecular flexibility index (Phi) is 4.97. The fourth-order valence-electron chi connectivity index (χ4n) is 1.76. The average molecular weight is 248 g/mol. The van der Waals surface area contributed by atoms with Crippen molar-refractivity contribution in [3.05, 3.63) is 35.9 Å². The minimum absolute atomic E-state index is 0.0779. The largest absolute Gasteiger partial charge is 0.467 e. The smallest absolute Gasteiger partial charge is 0.188 e. The van der Waals surface area contributed by atoms with E-state index in [1.54, 1.807) is 7.11 Å². The standard InChI is InChI=1S/C16H24O2/c1-7-16(4,5)14-10-13(12(2)3)8-9-15(14)18-11-17-6/h8-10H,2,7,11H2,1,3-6H3. The van der Waals surface area contributed by atoms with Gasteiger partial charge in [-0.1, -0.05) is 39.0 Å². The summed E-state index contributed by atoms with van der Waals surface area (Å²) in [5, 5.41) is 0. The maximum Gasteiger partial charge on any atom is 0.188 e. The van der Waals surface area contributed by atoms with E-state index in [1.165, 1.54) is 5.56 Å². The monoisotopic (exact) mass is 248 g/mol. The molecule has 0 N–H and O–H groups in total. The predicted octanol–water partition coefficient (Wildman–Crippen LogP) is 4.39. The van der Waals surface area contributed by atoms with Crippen LogP contribution in [0.4, 0.5) is 0 Å². The van der Waals surface area contributed by atoms with E-state index in [2.05, 4.69) is 33.4 Å². The third-order valence-corrected chi connectivity index (χ3v) is 3.42. The molecule has 1 aromatic rings. The van der Waals surface area contributed by atoms with E-state index < -0.39 is 0 Å². The SMILES string of the molecule is C=C(C)c1ccc(OCOC)c(C(C)(C)CC)c1. The molecule has 0 saturated heterocycles. The Hall–Kier alpha value is -1.28. The Morgan fingerprint density at radius 3 is 2.50 bits per heavy atom. The number of benzene rings is 1. The second-order valence-electron chi connectivity index (χ2n) is 5.28. The van der Waals surface area contributed by atoms with Crippen molar-refractivity contribution in [2.45, 2.75) is 39.5 Å². The molecule has 0 bridgehead atoms.